The van der Waals surface area contributed by atoms with Crippen LogP contribution in [-0.4, -0.2) is 14.8 Å². The number of rotatable bonds is 5. The van der Waals surface area contributed by atoms with Gasteiger partial charge in [-0.25, -0.2) is 4.99 Å². The van der Waals surface area contributed by atoms with Crippen LogP contribution in [0.5, 0.6) is 0 Å². The summed E-state index contributed by atoms with van der Waals surface area (Å²) in [6.45, 7) is 5.25. The minimum Gasteiger partial charge on any atom is -0.397 e. The molecule has 12 rings (SSSR count). The number of aliphatic imine (C=N–C) groups is 1. The topological polar surface area (TPSA) is 48.2 Å². The number of aromatic nitrogens is 2. The van der Waals surface area contributed by atoms with E-state index in [1.807, 2.05) is 24.3 Å². The van der Waals surface area contributed by atoms with Crippen LogP contribution < -0.4 is 5.73 Å². The highest BCUT2D eigenvalue weighted by Crippen LogP contribution is 2.50. The van der Waals surface area contributed by atoms with Crippen LogP contribution in [-0.2, 0) is 12.0 Å². The largest absolute Gasteiger partial charge is 0.397 e. The van der Waals surface area contributed by atoms with E-state index in [2.05, 4.69) is 181 Å². The maximum atomic E-state index is 6.66. The van der Waals surface area contributed by atoms with Crippen LogP contribution >= 0.6 is 0 Å². The molecule has 1 aliphatic carbocycles. The fraction of sp³-hybridized carbons (Fsp3) is 0.0727. The smallest absolute Gasteiger partial charge is 0.0863 e. The lowest BCUT2D eigenvalue weighted by molar-refractivity contribution is 0.658. The summed E-state index contributed by atoms with van der Waals surface area (Å²) in [4.78, 5) is 5.50. The van der Waals surface area contributed by atoms with E-state index >= 15 is 0 Å². The van der Waals surface area contributed by atoms with E-state index in [-0.39, 0.29) is 5.41 Å². The van der Waals surface area contributed by atoms with Crippen molar-refractivity contribution in [2.24, 2.45) is 4.99 Å². The van der Waals surface area contributed by atoms with Crippen LogP contribution in [0.15, 0.2) is 187 Å². The number of hydrogen-bond acceptors (Lipinski definition) is 2. The van der Waals surface area contributed by atoms with Crippen molar-refractivity contribution >= 4 is 82.2 Å². The highest BCUT2D eigenvalue weighted by Gasteiger charge is 2.38. The molecule has 4 nitrogen and oxygen atoms in total. The van der Waals surface area contributed by atoms with Crippen LogP contribution in [0, 0.1) is 0 Å². The molecule has 0 saturated heterocycles. The first-order chi connectivity index (χ1) is 28.9. The summed E-state index contributed by atoms with van der Waals surface area (Å²) in [5.41, 5.74) is 21.1. The number of nitrogen functional groups attached to an aromatic ring is 1. The summed E-state index contributed by atoms with van der Waals surface area (Å²) >= 11 is 0. The fourth-order valence-electron chi connectivity index (χ4n) is 10.3. The third-order valence-corrected chi connectivity index (χ3v) is 12.9. The van der Waals surface area contributed by atoms with Crippen molar-refractivity contribution in [3.63, 3.8) is 0 Å². The average Bonchev–Trinajstić information content (AvgIpc) is 3.85. The van der Waals surface area contributed by atoms with Gasteiger partial charge in [-0.1, -0.05) is 141 Å². The molecule has 0 radical (unpaired) electrons. The third-order valence-electron chi connectivity index (χ3n) is 12.9. The Balaban J connectivity index is 1.13. The van der Waals surface area contributed by atoms with Gasteiger partial charge in [-0.15, -0.1) is 0 Å². The summed E-state index contributed by atoms with van der Waals surface area (Å²) in [6.07, 6.45) is 0. The van der Waals surface area contributed by atoms with Gasteiger partial charge in [0.1, 0.15) is 0 Å². The molecule has 280 valence electrons. The van der Waals surface area contributed by atoms with Gasteiger partial charge in [-0.05, 0) is 98.4 Å². The molecular formula is C55H40N4. The number of hydrogen-bond donors (Lipinski definition) is 1. The minimum absolute atomic E-state index is 0.217. The van der Waals surface area contributed by atoms with Crippen LogP contribution in [0.25, 0.3) is 82.0 Å². The SMILES string of the molecule is CC1(C)c2ccccc2-c2cccc(/C(Cn3c4ccc(-n5c6ccccc6c6cc7ccccc7cc65)cc4c4c5ccccc5ccc43)=N/c3ccccc3N)c21. The van der Waals surface area contributed by atoms with Gasteiger partial charge in [0, 0.05) is 43.7 Å². The van der Waals surface area contributed by atoms with E-state index in [0.29, 0.717) is 12.2 Å². The van der Waals surface area contributed by atoms with Crippen LogP contribution in [0.3, 0.4) is 0 Å². The summed E-state index contributed by atoms with van der Waals surface area (Å²) in [5, 5.41) is 9.91. The molecule has 2 aromatic heterocycles. The Kier molecular flexibility index (Phi) is 7.16. The van der Waals surface area contributed by atoms with E-state index in [4.69, 9.17) is 10.7 Å². The molecule has 0 saturated carbocycles. The van der Waals surface area contributed by atoms with Gasteiger partial charge in [-0.2, -0.15) is 0 Å². The molecule has 0 fully saturated rings. The molecule has 0 aliphatic heterocycles. The van der Waals surface area contributed by atoms with Gasteiger partial charge in [0.05, 0.1) is 40.2 Å². The Labute approximate surface area is 342 Å². The Hall–Kier alpha value is -7.43. The van der Waals surface area contributed by atoms with Crippen molar-refractivity contribution in [2.75, 3.05) is 5.73 Å². The number of nitrogens with zero attached hydrogens (tertiary/aromatic N) is 3. The van der Waals surface area contributed by atoms with Gasteiger partial charge in [0.2, 0.25) is 0 Å². The van der Waals surface area contributed by atoms with Crippen molar-refractivity contribution in [1.82, 2.24) is 9.13 Å². The van der Waals surface area contributed by atoms with Crippen LogP contribution in [0.4, 0.5) is 11.4 Å². The Bertz CT molecular complexity index is 3580. The van der Waals surface area contributed by atoms with Crippen molar-refractivity contribution in [1.29, 1.82) is 0 Å². The lowest BCUT2D eigenvalue weighted by atomic mass is 9.79. The lowest BCUT2D eigenvalue weighted by Crippen LogP contribution is -2.21. The van der Waals surface area contributed by atoms with E-state index in [1.165, 1.54) is 81.9 Å². The van der Waals surface area contributed by atoms with E-state index in [1.54, 1.807) is 0 Å². The van der Waals surface area contributed by atoms with Gasteiger partial charge < -0.3 is 14.9 Å². The second kappa shape index (κ2) is 12.5. The number of anilines is 1. The quantitative estimate of drug-likeness (QED) is 0.138. The molecule has 0 atom stereocenters. The summed E-state index contributed by atoms with van der Waals surface area (Å²) < 4.78 is 4.93. The first-order valence-corrected chi connectivity index (χ1v) is 20.5. The van der Waals surface area contributed by atoms with Crippen molar-refractivity contribution in [3.05, 3.63) is 199 Å². The molecule has 59 heavy (non-hydrogen) atoms. The van der Waals surface area contributed by atoms with E-state index in [0.717, 1.165) is 28.2 Å². The van der Waals surface area contributed by atoms with E-state index < -0.39 is 0 Å². The highest BCUT2D eigenvalue weighted by atomic mass is 15.0. The Morgan fingerprint density at radius 2 is 1.22 bits per heavy atom. The summed E-state index contributed by atoms with van der Waals surface area (Å²) in [5.74, 6) is 0. The maximum Gasteiger partial charge on any atom is 0.0863 e. The zero-order chi connectivity index (χ0) is 39.4. The fourth-order valence-corrected chi connectivity index (χ4v) is 10.3. The zero-order valence-electron chi connectivity index (χ0n) is 32.9. The summed E-state index contributed by atoms with van der Waals surface area (Å²) in [7, 11) is 0. The predicted molar refractivity (Wildman–Crippen MR) is 250 cm³/mol. The molecule has 4 heteroatoms. The van der Waals surface area contributed by atoms with Crippen LogP contribution in [0.2, 0.25) is 0 Å². The number of benzene rings is 9. The molecule has 11 aromatic rings. The number of fused-ring (bicyclic) bond motifs is 12. The predicted octanol–water partition coefficient (Wildman–Crippen LogP) is 13.9. The second-order valence-corrected chi connectivity index (χ2v) is 16.6. The molecular weight excluding hydrogens is 717 g/mol. The van der Waals surface area contributed by atoms with Crippen molar-refractivity contribution in [3.8, 4) is 16.8 Å². The van der Waals surface area contributed by atoms with Gasteiger partial charge in [0.15, 0.2) is 0 Å². The average molecular weight is 757 g/mol. The first kappa shape index (κ1) is 33.7. The zero-order valence-corrected chi connectivity index (χ0v) is 32.9. The first-order valence-electron chi connectivity index (χ1n) is 20.5. The monoisotopic (exact) mass is 756 g/mol. The maximum absolute atomic E-state index is 6.66. The van der Waals surface area contributed by atoms with Gasteiger partial charge in [0.25, 0.3) is 0 Å². The Morgan fingerprint density at radius 3 is 2.08 bits per heavy atom. The second-order valence-electron chi connectivity index (χ2n) is 16.6. The number of para-hydroxylation sites is 3. The molecule has 2 N–H and O–H groups in total. The van der Waals surface area contributed by atoms with Crippen LogP contribution in [0.1, 0.15) is 30.5 Å². The molecule has 1 aliphatic rings. The highest BCUT2D eigenvalue weighted by molar-refractivity contribution is 6.22. The van der Waals surface area contributed by atoms with Crippen molar-refractivity contribution < 1.29 is 0 Å². The third kappa shape index (κ3) is 4.93. The van der Waals surface area contributed by atoms with Gasteiger partial charge >= 0.3 is 0 Å². The molecule has 9 aromatic carbocycles. The standard InChI is InChI=1S/C55H40N4/c1-55(2)45-22-9-7-18-39(45)41-20-13-21-42(54(41)55)48(57-47-24-11-10-23-46(47)56)33-58-49-29-27-37(32-44(49)53-38-17-6-5-14-34(38)26-28-51(53)58)59-50-25-12-8-19-40(50)43-30-35-15-3-4-16-36(35)31-52(43)59/h3-32H,33,56H2,1-2H3/b57-48+. The molecule has 0 amide bonds. The Morgan fingerprint density at radius 1 is 0.525 bits per heavy atom. The van der Waals surface area contributed by atoms with E-state index in [9.17, 15) is 0 Å². The number of nitrogens with two attached hydrogens (primary N) is 1. The normalized spacial score (nSPS) is 13.6. The molecule has 0 bridgehead atoms. The van der Waals surface area contributed by atoms with Crippen molar-refractivity contribution in [2.45, 2.75) is 25.8 Å². The molecule has 0 spiro atoms. The molecule has 2 heterocycles. The minimum atomic E-state index is -0.217. The summed E-state index contributed by atoms with van der Waals surface area (Å²) in [6, 6.07) is 66.1. The van der Waals surface area contributed by atoms with Gasteiger partial charge in [-0.3, -0.25) is 0 Å². The lowest BCUT2D eigenvalue weighted by Gasteiger charge is -2.25. The molecule has 0 unspecified atom stereocenters.